The van der Waals surface area contributed by atoms with Crippen LogP contribution in [0.25, 0.3) is 0 Å². The van der Waals surface area contributed by atoms with Gasteiger partial charge in [-0.3, -0.25) is 4.90 Å². The van der Waals surface area contributed by atoms with Gasteiger partial charge in [0.15, 0.2) is 0 Å². The normalized spacial score (nSPS) is 30.5. The fourth-order valence-corrected chi connectivity index (χ4v) is 4.80. The molecule has 1 N–H and O–H groups in total. The molecule has 4 nitrogen and oxygen atoms in total. The summed E-state index contributed by atoms with van der Waals surface area (Å²) in [5, 5.41) is 13.1. The number of hydrogen-bond acceptors (Lipinski definition) is 4. The summed E-state index contributed by atoms with van der Waals surface area (Å²) in [6.07, 6.45) is 4.39. The van der Waals surface area contributed by atoms with Crippen LogP contribution in [0, 0.1) is 11.3 Å². The van der Waals surface area contributed by atoms with Crippen LogP contribution in [0.4, 0.5) is 0 Å². The van der Waals surface area contributed by atoms with Crippen LogP contribution in [0.3, 0.4) is 0 Å². The topological polar surface area (TPSA) is 42.3 Å². The van der Waals surface area contributed by atoms with E-state index in [9.17, 15) is 5.26 Å². The highest BCUT2D eigenvalue weighted by molar-refractivity contribution is 5.27. The Kier molecular flexibility index (Phi) is 4.34. The van der Waals surface area contributed by atoms with Crippen molar-refractivity contribution in [1.82, 2.24) is 15.1 Å². The van der Waals surface area contributed by atoms with Gasteiger partial charge in [0.05, 0.1) is 18.0 Å². The van der Waals surface area contributed by atoms with Crippen LogP contribution in [0.2, 0.25) is 0 Å². The lowest BCUT2D eigenvalue weighted by atomic mass is 9.83. The fourth-order valence-electron chi connectivity index (χ4n) is 4.80. The van der Waals surface area contributed by atoms with Crippen molar-refractivity contribution in [3.8, 4) is 6.07 Å². The van der Waals surface area contributed by atoms with Gasteiger partial charge in [0.1, 0.15) is 0 Å². The zero-order chi connectivity index (χ0) is 16.6. The van der Waals surface area contributed by atoms with Crippen molar-refractivity contribution in [3.05, 3.63) is 35.9 Å². The second kappa shape index (κ2) is 6.48. The molecular weight excluding hydrogens is 296 g/mol. The van der Waals surface area contributed by atoms with Gasteiger partial charge < -0.3 is 10.2 Å². The van der Waals surface area contributed by atoms with Crippen molar-refractivity contribution >= 4 is 0 Å². The number of nitrogens with one attached hydrogen (secondary N) is 1. The van der Waals surface area contributed by atoms with Crippen molar-refractivity contribution in [1.29, 1.82) is 5.26 Å². The number of benzene rings is 1. The molecule has 2 atom stereocenters. The van der Waals surface area contributed by atoms with Gasteiger partial charge >= 0.3 is 0 Å². The van der Waals surface area contributed by atoms with Crippen molar-refractivity contribution < 1.29 is 0 Å². The van der Waals surface area contributed by atoms with Gasteiger partial charge in [-0.15, -0.1) is 0 Å². The van der Waals surface area contributed by atoms with Gasteiger partial charge in [-0.25, -0.2) is 0 Å². The Hall–Kier alpha value is -1.41. The summed E-state index contributed by atoms with van der Waals surface area (Å²) < 4.78 is 0. The smallest absolute Gasteiger partial charge is 0.0642 e. The summed E-state index contributed by atoms with van der Waals surface area (Å²) in [6, 6.07) is 14.6. The van der Waals surface area contributed by atoms with Crippen molar-refractivity contribution in [2.45, 2.75) is 49.2 Å². The first-order valence-electron chi connectivity index (χ1n) is 9.32. The zero-order valence-corrected chi connectivity index (χ0v) is 14.6. The molecular formula is C20H28N4. The van der Waals surface area contributed by atoms with Gasteiger partial charge in [0.25, 0.3) is 0 Å². The summed E-state index contributed by atoms with van der Waals surface area (Å²) in [5.41, 5.74) is 1.62. The summed E-state index contributed by atoms with van der Waals surface area (Å²) in [5.74, 6) is 0.717. The minimum absolute atomic E-state index is 0.140. The number of likely N-dealkylation sites (N-methyl/N-ethyl adjacent to an activating group) is 1. The van der Waals surface area contributed by atoms with E-state index in [-0.39, 0.29) is 5.54 Å². The molecule has 2 saturated heterocycles. The first kappa shape index (κ1) is 16.1. The number of piperidine rings is 1. The number of likely N-dealkylation sites (tertiary alicyclic amines) is 2. The maximum Gasteiger partial charge on any atom is 0.0642 e. The van der Waals surface area contributed by atoms with Gasteiger partial charge in [-0.1, -0.05) is 30.3 Å². The monoisotopic (exact) mass is 324 g/mol. The van der Waals surface area contributed by atoms with E-state index >= 15 is 0 Å². The number of rotatable bonds is 5. The molecule has 0 aromatic heterocycles. The van der Waals surface area contributed by atoms with Crippen molar-refractivity contribution in [2.75, 3.05) is 33.2 Å². The maximum atomic E-state index is 9.19. The fraction of sp³-hybridized carbons (Fsp3) is 0.650. The lowest BCUT2D eigenvalue weighted by Gasteiger charge is -2.55. The van der Waals surface area contributed by atoms with Gasteiger partial charge in [-0.05, 0) is 31.9 Å². The molecule has 24 heavy (non-hydrogen) atoms. The molecule has 128 valence electrons. The van der Waals surface area contributed by atoms with Gasteiger partial charge in [0.2, 0.25) is 0 Å². The quantitative estimate of drug-likeness (QED) is 0.902. The Balaban J connectivity index is 1.26. The van der Waals surface area contributed by atoms with Crippen LogP contribution in [0.15, 0.2) is 30.3 Å². The third-order valence-corrected chi connectivity index (χ3v) is 6.17. The third kappa shape index (κ3) is 3.09. The Morgan fingerprint density at radius 2 is 1.92 bits per heavy atom. The first-order chi connectivity index (χ1) is 11.7. The maximum absolute atomic E-state index is 9.19. The highest BCUT2D eigenvalue weighted by atomic mass is 15.3. The minimum atomic E-state index is 0.140. The minimum Gasteiger partial charge on any atom is -0.311 e. The Morgan fingerprint density at radius 1 is 1.21 bits per heavy atom. The lowest BCUT2D eigenvalue weighted by Crippen LogP contribution is -2.70. The van der Waals surface area contributed by atoms with E-state index in [0.29, 0.717) is 18.5 Å². The van der Waals surface area contributed by atoms with Gasteiger partial charge in [-0.2, -0.15) is 5.26 Å². The molecule has 1 saturated carbocycles. The highest BCUT2D eigenvalue weighted by Crippen LogP contribution is 2.41. The average Bonchev–Trinajstić information content (AvgIpc) is 3.34. The molecule has 1 aliphatic carbocycles. The molecule has 2 heterocycles. The van der Waals surface area contributed by atoms with Crippen LogP contribution in [0.5, 0.6) is 0 Å². The van der Waals surface area contributed by atoms with Crippen LogP contribution in [0.1, 0.15) is 37.2 Å². The Bertz CT molecular complexity index is 594. The molecule has 0 spiro atoms. The molecule has 0 bridgehead atoms. The van der Waals surface area contributed by atoms with E-state index in [1.54, 1.807) is 0 Å². The summed E-state index contributed by atoms with van der Waals surface area (Å²) in [6.45, 7) is 4.38. The molecule has 4 heteroatoms. The van der Waals surface area contributed by atoms with Crippen LogP contribution in [-0.4, -0.2) is 60.6 Å². The predicted octanol–water partition coefficient (Wildman–Crippen LogP) is 2.19. The Morgan fingerprint density at radius 3 is 2.54 bits per heavy atom. The molecule has 0 unspecified atom stereocenters. The lowest BCUT2D eigenvalue weighted by molar-refractivity contribution is -0.0514. The molecule has 1 aromatic rings. The number of nitrogens with zero attached hydrogens (tertiary/aromatic N) is 3. The zero-order valence-electron chi connectivity index (χ0n) is 14.6. The standard InChI is InChI=1S/C20H28N4/c1-23-14-20(15-23,9-10-21)24-11-7-17(8-12-24)22-19-13-18(19)16-5-3-2-4-6-16/h2-6,17-19,22H,7-9,11-15H2,1H3/t18-,19-/m1/s1. The van der Waals surface area contributed by atoms with Gasteiger partial charge in [0, 0.05) is 44.2 Å². The highest BCUT2D eigenvalue weighted by Gasteiger charge is 2.47. The number of nitriles is 1. The third-order valence-electron chi connectivity index (χ3n) is 6.17. The first-order valence-corrected chi connectivity index (χ1v) is 9.32. The summed E-state index contributed by atoms with van der Waals surface area (Å²) >= 11 is 0. The molecule has 1 aromatic carbocycles. The van der Waals surface area contributed by atoms with Crippen molar-refractivity contribution in [2.24, 2.45) is 0 Å². The van der Waals surface area contributed by atoms with Crippen molar-refractivity contribution in [3.63, 3.8) is 0 Å². The number of hydrogen-bond donors (Lipinski definition) is 1. The van der Waals surface area contributed by atoms with E-state index in [2.05, 4.69) is 58.6 Å². The summed E-state index contributed by atoms with van der Waals surface area (Å²) in [4.78, 5) is 4.92. The van der Waals surface area contributed by atoms with Crippen LogP contribution in [-0.2, 0) is 0 Å². The van der Waals surface area contributed by atoms with E-state index in [1.165, 1.54) is 24.8 Å². The predicted molar refractivity (Wildman–Crippen MR) is 95.8 cm³/mol. The van der Waals surface area contributed by atoms with Crippen LogP contribution >= 0.6 is 0 Å². The molecule has 0 radical (unpaired) electrons. The largest absolute Gasteiger partial charge is 0.311 e. The molecule has 2 aliphatic heterocycles. The molecule has 3 aliphatic rings. The Labute approximate surface area is 145 Å². The van der Waals surface area contributed by atoms with Crippen LogP contribution < -0.4 is 5.32 Å². The SMILES string of the molecule is CN1CC(CC#N)(N2CCC(N[C@@H]3C[C@@H]3c3ccccc3)CC2)C1. The van der Waals surface area contributed by atoms with E-state index in [1.807, 2.05) is 0 Å². The van der Waals surface area contributed by atoms with E-state index < -0.39 is 0 Å². The second-order valence-corrected chi connectivity index (χ2v) is 8.02. The van der Waals surface area contributed by atoms with E-state index in [0.717, 1.165) is 32.1 Å². The summed E-state index contributed by atoms with van der Waals surface area (Å²) in [7, 11) is 2.15. The molecule has 4 rings (SSSR count). The second-order valence-electron chi connectivity index (χ2n) is 8.02. The average molecular weight is 324 g/mol. The molecule has 3 fully saturated rings. The molecule has 0 amide bonds. The van der Waals surface area contributed by atoms with E-state index in [4.69, 9.17) is 0 Å².